The topological polar surface area (TPSA) is 223 Å². The van der Waals surface area contributed by atoms with E-state index in [1.165, 1.54) is 0 Å². The van der Waals surface area contributed by atoms with Crippen LogP contribution < -0.4 is 19.5 Å². The normalized spacial score (nSPS) is 10.3. The average molecular weight is 617 g/mol. The molecule has 1 aromatic rings. The molecule has 2 N–H and O–H groups in total. The van der Waals surface area contributed by atoms with Crippen molar-refractivity contribution in [1.29, 1.82) is 0 Å². The molecule has 0 bridgehead atoms. The van der Waals surface area contributed by atoms with Crippen LogP contribution in [0.3, 0.4) is 0 Å². The molecule has 0 heterocycles. The highest BCUT2D eigenvalue weighted by molar-refractivity contribution is 5.92. The molecule has 0 spiro atoms. The summed E-state index contributed by atoms with van der Waals surface area (Å²) in [6.07, 6.45) is 11.2. The molecule has 15 nitrogen and oxygen atoms in total. The number of nitrogens with one attached hydrogen (secondary N) is 1. The van der Waals surface area contributed by atoms with Crippen molar-refractivity contribution in [2.45, 2.75) is 89.9 Å². The van der Waals surface area contributed by atoms with E-state index >= 15 is 0 Å². The van der Waals surface area contributed by atoms with Crippen molar-refractivity contribution in [2.75, 3.05) is 53.0 Å². The summed E-state index contributed by atoms with van der Waals surface area (Å²) in [6.45, 7) is 3.27. The average Bonchev–Trinajstić information content (AvgIpc) is 3.02. The molecule has 0 unspecified atom stereocenters. The zero-order valence-electron chi connectivity index (χ0n) is 26.0. The van der Waals surface area contributed by atoms with Crippen LogP contribution in [0.5, 0.6) is 17.2 Å². The molecule has 0 aliphatic heterocycles. The van der Waals surface area contributed by atoms with Crippen LogP contribution in [-0.2, 0) is 6.42 Å². The number of benzene rings is 1. The minimum Gasteiger partial charge on any atom is -0.490 e. The highest BCUT2D eigenvalue weighted by Gasteiger charge is 2.25. The number of unbranched alkanes of at least 4 members (excludes halogenated alkanes) is 9. The van der Waals surface area contributed by atoms with Crippen molar-refractivity contribution < 1.29 is 24.1 Å². The van der Waals surface area contributed by atoms with Crippen LogP contribution in [0.15, 0.2) is 21.4 Å². The Morgan fingerprint density at radius 3 is 1.61 bits per heavy atom. The Bertz CT molecular complexity index is 1100. The lowest BCUT2D eigenvalue weighted by molar-refractivity contribution is 0.0694. The first kappa shape index (κ1) is 38.0. The number of aromatic carboxylic acids is 1. The van der Waals surface area contributed by atoms with E-state index in [2.05, 4.69) is 35.4 Å². The third-order valence-electron chi connectivity index (χ3n) is 6.79. The predicted octanol–water partition coefficient (Wildman–Crippen LogP) is 8.29. The molecule has 0 aromatic heterocycles. The van der Waals surface area contributed by atoms with Gasteiger partial charge in [0.2, 0.25) is 5.75 Å². The van der Waals surface area contributed by atoms with Crippen LogP contribution in [-0.4, -0.2) is 64.1 Å². The number of hydrogen-bond acceptors (Lipinski definition) is 8. The summed E-state index contributed by atoms with van der Waals surface area (Å²) in [5.41, 5.74) is 26.0. The second-order valence-electron chi connectivity index (χ2n) is 10.2. The largest absolute Gasteiger partial charge is 0.490 e. The van der Waals surface area contributed by atoms with Gasteiger partial charge in [0, 0.05) is 39.9 Å². The number of carboxylic acid groups (broad SMARTS) is 1. The molecule has 0 saturated heterocycles. The highest BCUT2D eigenvalue weighted by Crippen LogP contribution is 2.43. The summed E-state index contributed by atoms with van der Waals surface area (Å²) in [5.74, 6) is 0.140. The van der Waals surface area contributed by atoms with E-state index in [1.54, 1.807) is 6.07 Å². The molecule has 15 heteroatoms. The molecular weight excluding hydrogens is 568 g/mol. The first-order valence-corrected chi connectivity index (χ1v) is 15.6. The predicted molar refractivity (Wildman–Crippen MR) is 170 cm³/mol. The van der Waals surface area contributed by atoms with Gasteiger partial charge < -0.3 is 24.6 Å². The Balaban J connectivity index is 3.15. The van der Waals surface area contributed by atoms with Gasteiger partial charge in [-0.25, -0.2) is 4.79 Å². The molecule has 44 heavy (non-hydrogen) atoms. The molecule has 0 saturated carbocycles. The monoisotopic (exact) mass is 616 g/mol. The van der Waals surface area contributed by atoms with E-state index in [4.69, 9.17) is 30.8 Å². The van der Waals surface area contributed by atoms with Gasteiger partial charge in [-0.05, 0) is 87.6 Å². The fourth-order valence-electron chi connectivity index (χ4n) is 4.51. The second kappa shape index (κ2) is 26.6. The van der Waals surface area contributed by atoms with Crippen molar-refractivity contribution in [3.63, 3.8) is 0 Å². The van der Waals surface area contributed by atoms with Gasteiger partial charge in [-0.3, -0.25) is 0 Å². The number of carboxylic acids is 1. The number of rotatable bonds is 29. The van der Waals surface area contributed by atoms with Crippen molar-refractivity contribution >= 4 is 5.97 Å². The molecule has 0 amide bonds. The van der Waals surface area contributed by atoms with Gasteiger partial charge in [0.05, 0.1) is 25.4 Å². The fourth-order valence-corrected chi connectivity index (χ4v) is 4.51. The Morgan fingerprint density at radius 2 is 1.16 bits per heavy atom. The van der Waals surface area contributed by atoms with Crippen molar-refractivity contribution in [1.82, 2.24) is 5.32 Å². The Hall–Kier alpha value is -4.02. The number of ether oxygens (including phenoxy) is 3. The maximum Gasteiger partial charge on any atom is 0.336 e. The van der Waals surface area contributed by atoms with Crippen molar-refractivity contribution in [3.05, 3.63) is 48.5 Å². The van der Waals surface area contributed by atoms with Gasteiger partial charge in [-0.1, -0.05) is 53.9 Å². The fraction of sp³-hybridized carbons (Fsp3) is 0.759. The zero-order valence-corrected chi connectivity index (χ0v) is 26.0. The van der Waals surface area contributed by atoms with Gasteiger partial charge in [0.1, 0.15) is 0 Å². The SMILES string of the molecule is CNCCCc1c(C(=O)O)cc(OCCCCCCN=[N+]=[N-])c(OCCCCCCN=[N+]=[N-])c1OCCCCCCN=[N+]=[N-]. The Kier molecular flexibility index (Phi) is 23.0. The second-order valence-corrected chi connectivity index (χ2v) is 10.2. The Labute approximate surface area is 259 Å². The summed E-state index contributed by atoms with van der Waals surface area (Å²) >= 11 is 0. The molecule has 1 rings (SSSR count). The smallest absolute Gasteiger partial charge is 0.336 e. The van der Waals surface area contributed by atoms with E-state index in [0.29, 0.717) is 81.7 Å². The van der Waals surface area contributed by atoms with E-state index in [9.17, 15) is 9.90 Å². The molecule has 0 atom stereocenters. The molecular formula is C29H48N10O5. The van der Waals surface area contributed by atoms with Crippen molar-refractivity contribution in [2.24, 2.45) is 15.3 Å². The van der Waals surface area contributed by atoms with E-state index < -0.39 is 5.97 Å². The lowest BCUT2D eigenvalue weighted by Crippen LogP contribution is -2.14. The van der Waals surface area contributed by atoms with Crippen molar-refractivity contribution in [3.8, 4) is 17.2 Å². The van der Waals surface area contributed by atoms with Crippen LogP contribution in [0.2, 0.25) is 0 Å². The minimum absolute atomic E-state index is 0.139. The lowest BCUT2D eigenvalue weighted by atomic mass is 9.99. The summed E-state index contributed by atoms with van der Waals surface area (Å²) in [5, 5.41) is 24.0. The summed E-state index contributed by atoms with van der Waals surface area (Å²) < 4.78 is 18.7. The van der Waals surface area contributed by atoms with Gasteiger partial charge in [-0.2, -0.15) is 0 Å². The molecule has 0 aliphatic rings. The first-order valence-electron chi connectivity index (χ1n) is 15.6. The number of hydrogen-bond donors (Lipinski definition) is 2. The quantitative estimate of drug-likeness (QED) is 0.0389. The molecule has 244 valence electrons. The zero-order chi connectivity index (χ0) is 32.1. The van der Waals surface area contributed by atoms with Crippen LogP contribution in [0.1, 0.15) is 99.4 Å². The molecule has 0 aliphatic carbocycles. The van der Waals surface area contributed by atoms with Crippen LogP contribution >= 0.6 is 0 Å². The van der Waals surface area contributed by atoms with E-state index in [1.807, 2.05) is 7.05 Å². The van der Waals surface area contributed by atoms with Gasteiger partial charge in [0.15, 0.2) is 11.5 Å². The minimum atomic E-state index is -1.05. The molecule has 1 aromatic carbocycles. The highest BCUT2D eigenvalue weighted by atomic mass is 16.5. The number of azide groups is 3. The number of nitrogens with zero attached hydrogens (tertiary/aromatic N) is 9. The van der Waals surface area contributed by atoms with Crippen LogP contribution in [0.25, 0.3) is 31.3 Å². The molecule has 0 fully saturated rings. The van der Waals surface area contributed by atoms with Gasteiger partial charge in [-0.15, -0.1) is 0 Å². The molecule has 0 radical (unpaired) electrons. The first-order chi connectivity index (χ1) is 21.6. The van der Waals surface area contributed by atoms with Gasteiger partial charge in [0.25, 0.3) is 0 Å². The third kappa shape index (κ3) is 17.2. The summed E-state index contributed by atoms with van der Waals surface area (Å²) in [6, 6.07) is 1.55. The van der Waals surface area contributed by atoms with Crippen LogP contribution in [0.4, 0.5) is 0 Å². The van der Waals surface area contributed by atoms with E-state index in [-0.39, 0.29) is 5.56 Å². The summed E-state index contributed by atoms with van der Waals surface area (Å²) in [4.78, 5) is 20.7. The summed E-state index contributed by atoms with van der Waals surface area (Å²) in [7, 11) is 1.85. The maximum absolute atomic E-state index is 12.4. The maximum atomic E-state index is 12.4. The van der Waals surface area contributed by atoms with Gasteiger partial charge >= 0.3 is 5.97 Å². The van der Waals surface area contributed by atoms with E-state index in [0.717, 1.165) is 77.0 Å². The Morgan fingerprint density at radius 1 is 0.705 bits per heavy atom. The third-order valence-corrected chi connectivity index (χ3v) is 6.79. The van der Waals surface area contributed by atoms with Crippen LogP contribution in [0, 0.1) is 0 Å². The number of carbonyl (C=O) groups is 1. The standard InChI is InChI=1S/C29H48N10O5/c1-33-16-14-15-24-25(29(40)41)23-26(42-20-11-5-2-8-17-34-37-30)28(44-22-13-7-4-10-19-36-39-32)27(24)43-21-12-6-3-9-18-35-38-31/h23,33H,2-22H2,1H3,(H,40,41). The lowest BCUT2D eigenvalue weighted by Gasteiger charge is -2.22.